The largest absolute Gasteiger partial charge is 0.618 e. The van der Waals surface area contributed by atoms with Crippen molar-refractivity contribution in [2.24, 2.45) is 0 Å². The van der Waals surface area contributed by atoms with Crippen LogP contribution in [0.15, 0.2) is 59.7 Å². The van der Waals surface area contributed by atoms with E-state index in [-0.39, 0.29) is 27.7 Å². The Morgan fingerprint density at radius 1 is 1.14 bits per heavy atom. The second kappa shape index (κ2) is 14.8. The monoisotopic (exact) mass is 673 g/mol. The first-order chi connectivity index (χ1) is 20.4. The first-order valence-electron chi connectivity index (χ1n) is 11.6. The number of aromatic nitrogens is 3. The Morgan fingerprint density at radius 2 is 1.75 bits per heavy atom. The number of pyridine rings is 1. The summed E-state index contributed by atoms with van der Waals surface area (Å²) in [5.41, 5.74) is -1.51. The number of carboxylic acids is 1. The lowest BCUT2D eigenvalue weighted by molar-refractivity contribution is -0.624. The zero-order chi connectivity index (χ0) is 33.3. The van der Waals surface area contributed by atoms with Crippen molar-refractivity contribution in [3.8, 4) is 5.75 Å². The number of anilines is 1. The number of nitrogens with zero attached hydrogens (tertiary/aromatic N) is 3. The zero-order valence-corrected chi connectivity index (χ0v) is 23.6. The number of hydrogen-bond acceptors (Lipinski definition) is 10. The number of carboxylic acid groups (broad SMARTS) is 1. The number of amides is 1. The van der Waals surface area contributed by atoms with Crippen molar-refractivity contribution in [3.63, 3.8) is 0 Å². The zero-order valence-electron chi connectivity index (χ0n) is 22.0. The Labute approximate surface area is 249 Å². The van der Waals surface area contributed by atoms with Gasteiger partial charge in [0.25, 0.3) is 11.3 Å². The van der Waals surface area contributed by atoms with Gasteiger partial charge in [-0.1, -0.05) is 29.8 Å². The van der Waals surface area contributed by atoms with Crippen LogP contribution in [0, 0.1) is 5.21 Å². The van der Waals surface area contributed by atoms with Crippen molar-refractivity contribution < 1.29 is 58.2 Å². The molecule has 240 valence electrons. The fraction of sp³-hybridized carbons (Fsp3) is 0.261. The van der Waals surface area contributed by atoms with Crippen LogP contribution in [0.3, 0.4) is 0 Å². The maximum atomic E-state index is 14.5. The average Bonchev–Trinajstić information content (AvgIpc) is 2.94. The van der Waals surface area contributed by atoms with E-state index in [1.807, 2.05) is 0 Å². The van der Waals surface area contributed by atoms with Gasteiger partial charge in [0.2, 0.25) is 5.91 Å². The highest BCUT2D eigenvalue weighted by molar-refractivity contribution is 7.82. The third kappa shape index (κ3) is 10.3. The molecule has 3 aromatic rings. The molecule has 1 aromatic carbocycles. The summed E-state index contributed by atoms with van der Waals surface area (Å²) < 4.78 is 93.7. The highest BCUT2D eigenvalue weighted by Gasteiger charge is 2.39. The number of benzene rings is 1. The lowest BCUT2D eigenvalue weighted by atomic mass is 10.2. The van der Waals surface area contributed by atoms with Gasteiger partial charge in [0.1, 0.15) is 17.4 Å². The Morgan fingerprint density at radius 3 is 2.34 bits per heavy atom. The summed E-state index contributed by atoms with van der Waals surface area (Å²) >= 11 is 5.98. The van der Waals surface area contributed by atoms with Gasteiger partial charge in [-0.15, -0.1) is 0 Å². The predicted molar refractivity (Wildman–Crippen MR) is 140 cm³/mol. The van der Waals surface area contributed by atoms with Crippen LogP contribution in [-0.2, 0) is 43.2 Å². The van der Waals surface area contributed by atoms with E-state index in [0.717, 1.165) is 30.1 Å². The molecule has 3 rings (SSSR count). The van der Waals surface area contributed by atoms with Crippen LogP contribution in [-0.4, -0.2) is 54.8 Å². The van der Waals surface area contributed by atoms with Crippen molar-refractivity contribution in [1.82, 2.24) is 14.9 Å². The van der Waals surface area contributed by atoms with E-state index in [1.165, 1.54) is 30.3 Å². The maximum Gasteiger partial charge on any atom is 0.490 e. The fourth-order valence-electron chi connectivity index (χ4n) is 3.00. The topological polar surface area (TPSA) is 193 Å². The predicted octanol–water partition coefficient (Wildman–Crippen LogP) is 1.95. The first-order valence-corrected chi connectivity index (χ1v) is 13.3. The number of alkyl halides is 5. The van der Waals surface area contributed by atoms with E-state index >= 15 is 0 Å². The summed E-state index contributed by atoms with van der Waals surface area (Å²) in [6, 6.07) is 9.43. The number of carbonyl (C=O) groups is 2. The smallest absolute Gasteiger partial charge is 0.490 e. The van der Waals surface area contributed by atoms with Crippen LogP contribution in [0.2, 0.25) is 5.15 Å². The molecule has 0 aliphatic rings. The van der Waals surface area contributed by atoms with Crippen molar-refractivity contribution in [3.05, 3.63) is 86.8 Å². The van der Waals surface area contributed by atoms with E-state index in [1.54, 1.807) is 6.07 Å². The molecule has 21 heteroatoms. The van der Waals surface area contributed by atoms with E-state index in [4.69, 9.17) is 25.7 Å². The average molecular weight is 674 g/mol. The molecule has 0 saturated heterocycles. The van der Waals surface area contributed by atoms with Gasteiger partial charge in [-0.2, -0.15) is 35.1 Å². The van der Waals surface area contributed by atoms with E-state index < -0.39 is 64.5 Å². The molecule has 0 fully saturated rings. The van der Waals surface area contributed by atoms with Crippen molar-refractivity contribution in [1.29, 1.82) is 0 Å². The van der Waals surface area contributed by atoms with Crippen LogP contribution >= 0.6 is 11.6 Å². The number of para-hydroxylation sites is 1. The number of hydrogen-bond donors (Lipinski definition) is 3. The molecule has 1 amide bonds. The molecule has 0 atom stereocenters. The van der Waals surface area contributed by atoms with Crippen molar-refractivity contribution in [2.45, 2.75) is 25.2 Å². The molecule has 3 N–H and O–H groups in total. The third-order valence-corrected chi connectivity index (χ3v) is 6.16. The normalized spacial score (nSPS) is 11.6. The maximum absolute atomic E-state index is 14.5. The number of halogens is 6. The Bertz CT molecular complexity index is 1660. The summed E-state index contributed by atoms with van der Waals surface area (Å²) in [6.45, 7) is -1.92. The van der Waals surface area contributed by atoms with Gasteiger partial charge in [0, 0.05) is 24.2 Å². The molecule has 0 aliphatic carbocycles. The van der Waals surface area contributed by atoms with E-state index in [9.17, 15) is 45.2 Å². The highest BCUT2D eigenvalue weighted by Crippen LogP contribution is 2.25. The SMILES string of the molecule is COS(=O)(=O)Oc1ccccc1CNC(=O)Cn1c(Cl)cnc(NCC(F)(F)c2cccc[n+]2[O-])c1=O.O=C(O)C(F)(F)F. The first kappa shape index (κ1) is 35.6. The lowest BCUT2D eigenvalue weighted by Crippen LogP contribution is -2.41. The molecule has 0 spiro atoms. The highest BCUT2D eigenvalue weighted by atomic mass is 35.5. The van der Waals surface area contributed by atoms with Gasteiger partial charge in [0.15, 0.2) is 12.0 Å². The van der Waals surface area contributed by atoms with Crippen LogP contribution in [0.25, 0.3) is 0 Å². The summed E-state index contributed by atoms with van der Waals surface area (Å²) in [5, 5.41) is 23.2. The van der Waals surface area contributed by atoms with Gasteiger partial charge in [-0.3, -0.25) is 14.2 Å². The van der Waals surface area contributed by atoms with Gasteiger partial charge >= 0.3 is 28.5 Å². The van der Waals surface area contributed by atoms with Crippen LogP contribution in [0.1, 0.15) is 11.3 Å². The number of aliphatic carboxylic acids is 1. The quantitative estimate of drug-likeness (QED) is 0.153. The van der Waals surface area contributed by atoms with Crippen molar-refractivity contribution in [2.75, 3.05) is 19.0 Å². The summed E-state index contributed by atoms with van der Waals surface area (Å²) in [6.07, 6.45) is -3.18. The molecule has 0 aliphatic heterocycles. The summed E-state index contributed by atoms with van der Waals surface area (Å²) in [7, 11) is -3.38. The Hall–Kier alpha value is -4.56. The number of carbonyl (C=O) groups excluding carboxylic acids is 1. The standard InChI is InChI=1S/C21H20ClF2N5O7S.C2HF3O2/c1-35-37(33,34)36-15-7-3-2-6-14(15)10-25-18(30)12-28-17(22)11-26-19(20(28)31)27-13-21(23,24)16-8-4-5-9-29(16)32;3-2(4,5)1(6)7/h2-9,11H,10,12-13H2,1H3,(H,25,30)(H,26,27);(H,6,7). The molecule has 0 bridgehead atoms. The second-order valence-corrected chi connectivity index (χ2v) is 9.84. The minimum absolute atomic E-state index is 0.00742. The van der Waals surface area contributed by atoms with Gasteiger partial charge in [-0.25, -0.2) is 14.0 Å². The molecule has 2 aromatic heterocycles. The minimum atomic E-state index is -5.08. The van der Waals surface area contributed by atoms with Crippen molar-refractivity contribution >= 4 is 39.7 Å². The molecule has 0 unspecified atom stereocenters. The molecule has 44 heavy (non-hydrogen) atoms. The third-order valence-electron chi connectivity index (χ3n) is 5.07. The van der Waals surface area contributed by atoms with E-state index in [2.05, 4.69) is 19.8 Å². The van der Waals surface area contributed by atoms with E-state index in [0.29, 0.717) is 0 Å². The number of rotatable bonds is 11. The van der Waals surface area contributed by atoms with Crippen LogP contribution in [0.5, 0.6) is 5.75 Å². The fourth-order valence-corrected chi connectivity index (χ4v) is 3.64. The second-order valence-electron chi connectivity index (χ2n) is 8.14. The minimum Gasteiger partial charge on any atom is -0.618 e. The molecular formula is C23H21ClF5N5O9S. The molecular weight excluding hydrogens is 653 g/mol. The van der Waals surface area contributed by atoms with Gasteiger partial charge < -0.3 is 25.1 Å². The van der Waals surface area contributed by atoms with Crippen LogP contribution < -0.4 is 25.1 Å². The molecule has 0 radical (unpaired) electrons. The van der Waals surface area contributed by atoms with Gasteiger partial charge in [0.05, 0.1) is 19.9 Å². The Balaban J connectivity index is 0.000000860. The molecule has 0 saturated carbocycles. The molecule has 2 heterocycles. The lowest BCUT2D eigenvalue weighted by Gasteiger charge is -2.17. The summed E-state index contributed by atoms with van der Waals surface area (Å²) in [4.78, 5) is 37.8. The van der Waals surface area contributed by atoms with Gasteiger partial charge in [-0.05, 0) is 12.1 Å². The molecule has 14 nitrogen and oxygen atoms in total. The number of nitrogens with one attached hydrogen (secondary N) is 2. The van der Waals surface area contributed by atoms with Crippen LogP contribution in [0.4, 0.5) is 27.8 Å². The Kier molecular flexibility index (Phi) is 11.9. The summed E-state index contributed by atoms with van der Waals surface area (Å²) in [5.74, 6) is -7.73.